The lowest BCUT2D eigenvalue weighted by Crippen LogP contribution is -2.62. The number of hydrogen-bond donors (Lipinski definition) is 1. The molecule has 2 fully saturated rings. The average molecular weight is 248 g/mol. The highest BCUT2D eigenvalue weighted by molar-refractivity contribution is 5.34. The van der Waals surface area contributed by atoms with Gasteiger partial charge in [-0.25, -0.2) is 0 Å². The number of nitro benzene ring substituents is 1. The van der Waals surface area contributed by atoms with Gasteiger partial charge in [0.1, 0.15) is 0 Å². The molecule has 1 aliphatic carbocycles. The standard InChI is InChI=1S/C13H16N2O3/c16-13(11-4-5-11)8-14(9-13)7-10-2-1-3-12(6-10)15(17)18/h1-3,6,11,16H,4-5,7-9H2. The first kappa shape index (κ1) is 11.6. The van der Waals surface area contributed by atoms with E-state index in [0.29, 0.717) is 25.6 Å². The molecule has 1 aromatic rings. The third-order valence-corrected chi connectivity index (χ3v) is 3.86. The summed E-state index contributed by atoms with van der Waals surface area (Å²) in [5.74, 6) is 0.485. The average Bonchev–Trinajstić information content (AvgIpc) is 3.11. The van der Waals surface area contributed by atoms with Crippen molar-refractivity contribution in [3.8, 4) is 0 Å². The molecular formula is C13H16N2O3. The van der Waals surface area contributed by atoms with Crippen LogP contribution in [0, 0.1) is 16.0 Å². The molecule has 0 unspecified atom stereocenters. The zero-order chi connectivity index (χ0) is 12.8. The van der Waals surface area contributed by atoms with Crippen LogP contribution in [0.2, 0.25) is 0 Å². The minimum absolute atomic E-state index is 0.130. The van der Waals surface area contributed by atoms with E-state index in [1.54, 1.807) is 12.1 Å². The first-order chi connectivity index (χ1) is 8.57. The summed E-state index contributed by atoms with van der Waals surface area (Å²) in [6.45, 7) is 2.07. The summed E-state index contributed by atoms with van der Waals surface area (Å²) in [5.41, 5.74) is 0.577. The van der Waals surface area contributed by atoms with Gasteiger partial charge in [-0.1, -0.05) is 12.1 Å². The van der Waals surface area contributed by atoms with Gasteiger partial charge in [0.15, 0.2) is 0 Å². The maximum atomic E-state index is 10.7. The van der Waals surface area contributed by atoms with Gasteiger partial charge in [0.2, 0.25) is 0 Å². The molecule has 0 radical (unpaired) electrons. The van der Waals surface area contributed by atoms with Gasteiger partial charge in [-0.05, 0) is 24.3 Å². The van der Waals surface area contributed by atoms with E-state index in [9.17, 15) is 15.2 Å². The second-order valence-electron chi connectivity index (χ2n) is 5.45. The maximum absolute atomic E-state index is 10.7. The molecule has 0 spiro atoms. The number of likely N-dealkylation sites (tertiary alicyclic amines) is 1. The fourth-order valence-electron chi connectivity index (χ4n) is 2.75. The Balaban J connectivity index is 1.61. The Morgan fingerprint density at radius 1 is 1.44 bits per heavy atom. The molecule has 0 aromatic heterocycles. The molecule has 5 nitrogen and oxygen atoms in total. The highest BCUT2D eigenvalue weighted by Crippen LogP contribution is 2.44. The number of benzene rings is 1. The molecule has 0 bridgehead atoms. The fourth-order valence-corrected chi connectivity index (χ4v) is 2.75. The Kier molecular flexibility index (Phi) is 2.60. The number of nitrogens with zero attached hydrogens (tertiary/aromatic N) is 2. The van der Waals surface area contributed by atoms with Gasteiger partial charge >= 0.3 is 0 Å². The van der Waals surface area contributed by atoms with E-state index in [2.05, 4.69) is 4.90 Å². The van der Waals surface area contributed by atoms with E-state index in [-0.39, 0.29) is 10.6 Å². The molecule has 5 heteroatoms. The zero-order valence-electron chi connectivity index (χ0n) is 10.1. The van der Waals surface area contributed by atoms with Crippen molar-refractivity contribution in [2.24, 2.45) is 5.92 Å². The quantitative estimate of drug-likeness (QED) is 0.648. The van der Waals surface area contributed by atoms with Gasteiger partial charge in [-0.15, -0.1) is 0 Å². The summed E-state index contributed by atoms with van der Waals surface area (Å²) in [4.78, 5) is 12.4. The first-order valence-corrected chi connectivity index (χ1v) is 6.25. The van der Waals surface area contributed by atoms with Gasteiger partial charge in [-0.2, -0.15) is 0 Å². The third kappa shape index (κ3) is 2.11. The number of nitro groups is 1. The summed E-state index contributed by atoms with van der Waals surface area (Å²) in [5, 5.41) is 20.9. The summed E-state index contributed by atoms with van der Waals surface area (Å²) >= 11 is 0. The van der Waals surface area contributed by atoms with Crippen molar-refractivity contribution >= 4 is 5.69 Å². The van der Waals surface area contributed by atoms with Crippen LogP contribution in [0.1, 0.15) is 18.4 Å². The predicted octanol–water partition coefficient (Wildman–Crippen LogP) is 1.55. The largest absolute Gasteiger partial charge is 0.387 e. The summed E-state index contributed by atoms with van der Waals surface area (Å²) in [6, 6.07) is 6.70. The number of rotatable bonds is 4. The van der Waals surface area contributed by atoms with Crippen molar-refractivity contribution in [1.82, 2.24) is 4.90 Å². The van der Waals surface area contributed by atoms with E-state index < -0.39 is 5.60 Å². The molecule has 1 aliphatic heterocycles. The molecule has 3 rings (SSSR count). The second-order valence-corrected chi connectivity index (χ2v) is 5.45. The van der Waals surface area contributed by atoms with Gasteiger partial charge < -0.3 is 5.11 Å². The molecule has 1 N–H and O–H groups in total. The number of aliphatic hydroxyl groups is 1. The molecule has 1 heterocycles. The van der Waals surface area contributed by atoms with Crippen molar-refractivity contribution in [2.45, 2.75) is 25.0 Å². The lowest BCUT2D eigenvalue weighted by Gasteiger charge is -2.47. The molecule has 1 aromatic carbocycles. The van der Waals surface area contributed by atoms with Crippen LogP contribution >= 0.6 is 0 Å². The Hall–Kier alpha value is -1.46. The Morgan fingerprint density at radius 3 is 2.78 bits per heavy atom. The van der Waals surface area contributed by atoms with Gasteiger partial charge in [-0.3, -0.25) is 15.0 Å². The van der Waals surface area contributed by atoms with Crippen molar-refractivity contribution in [2.75, 3.05) is 13.1 Å². The van der Waals surface area contributed by atoms with Crippen LogP contribution in [0.15, 0.2) is 24.3 Å². The molecule has 1 saturated heterocycles. The van der Waals surface area contributed by atoms with Crippen LogP contribution in [-0.2, 0) is 6.54 Å². The summed E-state index contributed by atoms with van der Waals surface area (Å²) in [7, 11) is 0. The van der Waals surface area contributed by atoms with E-state index >= 15 is 0 Å². The van der Waals surface area contributed by atoms with Crippen LogP contribution in [0.25, 0.3) is 0 Å². The van der Waals surface area contributed by atoms with E-state index in [4.69, 9.17) is 0 Å². The fraction of sp³-hybridized carbons (Fsp3) is 0.538. The summed E-state index contributed by atoms with van der Waals surface area (Å²) < 4.78 is 0. The normalized spacial score (nSPS) is 22.5. The SMILES string of the molecule is O=[N+]([O-])c1cccc(CN2CC(O)(C3CC3)C2)c1. The van der Waals surface area contributed by atoms with Crippen LogP contribution in [0.4, 0.5) is 5.69 Å². The Morgan fingerprint density at radius 2 is 2.17 bits per heavy atom. The van der Waals surface area contributed by atoms with Gasteiger partial charge in [0.05, 0.1) is 10.5 Å². The molecule has 0 atom stereocenters. The lowest BCUT2D eigenvalue weighted by molar-refractivity contribution is -0.384. The molecular weight excluding hydrogens is 232 g/mol. The van der Waals surface area contributed by atoms with Crippen LogP contribution in [0.5, 0.6) is 0 Å². The molecule has 96 valence electrons. The van der Waals surface area contributed by atoms with Gasteiger partial charge in [0.25, 0.3) is 5.69 Å². The van der Waals surface area contributed by atoms with E-state index in [1.165, 1.54) is 6.07 Å². The van der Waals surface area contributed by atoms with Crippen LogP contribution < -0.4 is 0 Å². The molecule has 1 saturated carbocycles. The highest BCUT2D eigenvalue weighted by Gasteiger charge is 2.51. The number of non-ortho nitro benzene ring substituents is 1. The Labute approximate surface area is 105 Å². The van der Waals surface area contributed by atoms with Crippen molar-refractivity contribution in [1.29, 1.82) is 0 Å². The third-order valence-electron chi connectivity index (χ3n) is 3.86. The number of hydrogen-bond acceptors (Lipinski definition) is 4. The number of β-amino-alcohol motifs (C(OH)–C–C–N with tert-alkyl or cyclic N) is 1. The topological polar surface area (TPSA) is 66.6 Å². The Bertz CT molecular complexity index is 479. The second kappa shape index (κ2) is 4.03. The molecule has 0 amide bonds. The van der Waals surface area contributed by atoms with Gasteiger partial charge in [0, 0.05) is 31.8 Å². The van der Waals surface area contributed by atoms with Crippen molar-refractivity contribution in [3.05, 3.63) is 39.9 Å². The lowest BCUT2D eigenvalue weighted by atomic mass is 9.88. The predicted molar refractivity (Wildman–Crippen MR) is 66.0 cm³/mol. The summed E-state index contributed by atoms with van der Waals surface area (Å²) in [6.07, 6.45) is 2.28. The van der Waals surface area contributed by atoms with E-state index in [1.807, 2.05) is 6.07 Å². The van der Waals surface area contributed by atoms with E-state index in [0.717, 1.165) is 18.4 Å². The van der Waals surface area contributed by atoms with Crippen molar-refractivity contribution in [3.63, 3.8) is 0 Å². The zero-order valence-corrected chi connectivity index (χ0v) is 10.1. The molecule has 2 aliphatic rings. The highest BCUT2D eigenvalue weighted by atomic mass is 16.6. The molecule has 18 heavy (non-hydrogen) atoms. The maximum Gasteiger partial charge on any atom is 0.269 e. The van der Waals surface area contributed by atoms with Crippen LogP contribution in [0.3, 0.4) is 0 Å². The van der Waals surface area contributed by atoms with Crippen LogP contribution in [-0.4, -0.2) is 33.6 Å². The monoisotopic (exact) mass is 248 g/mol. The first-order valence-electron chi connectivity index (χ1n) is 6.25. The minimum Gasteiger partial charge on any atom is -0.387 e. The minimum atomic E-state index is -0.485. The van der Waals surface area contributed by atoms with Crippen molar-refractivity contribution < 1.29 is 10.0 Å². The smallest absolute Gasteiger partial charge is 0.269 e.